The van der Waals surface area contributed by atoms with Crippen LogP contribution >= 0.6 is 0 Å². The molecule has 3 aromatic heterocycles. The smallest absolute Gasteiger partial charge is 0.339 e. The monoisotopic (exact) mass is 504 g/mol. The average molecular weight is 505 g/mol. The first kappa shape index (κ1) is 24.0. The number of nitrogen functional groups attached to an aromatic ring is 1. The standard InChI is InChI=1S/C27H20N8O3/c1-2-6-22(36)32-18-7-5-8-20(15-18)35-25-23(24(28)30-16-31-25)34(27(35)38)19-12-10-17(11-13-19)26(37)33-21-9-3-4-14-29-21/h3-5,7-16H,1H3,(H,32,36)(H2,28,30,31)(H,29,33,37). The van der Waals surface area contributed by atoms with Crippen molar-refractivity contribution in [1.82, 2.24) is 24.1 Å². The largest absolute Gasteiger partial charge is 0.382 e. The van der Waals surface area contributed by atoms with Gasteiger partial charge in [0.2, 0.25) is 0 Å². The predicted molar refractivity (Wildman–Crippen MR) is 143 cm³/mol. The molecule has 0 aliphatic heterocycles. The molecule has 0 aliphatic rings. The molecule has 4 N–H and O–H groups in total. The van der Waals surface area contributed by atoms with Gasteiger partial charge in [-0.1, -0.05) is 18.1 Å². The second kappa shape index (κ2) is 10.1. The molecule has 0 saturated carbocycles. The summed E-state index contributed by atoms with van der Waals surface area (Å²) in [6.45, 7) is 1.56. The zero-order chi connectivity index (χ0) is 26.6. The molecule has 5 rings (SSSR count). The van der Waals surface area contributed by atoms with Crippen LogP contribution in [0.15, 0.2) is 84.0 Å². The number of carbonyl (C=O) groups excluding carboxylic acids is 2. The van der Waals surface area contributed by atoms with Crippen LogP contribution in [0.4, 0.5) is 17.3 Å². The molecule has 0 unspecified atom stereocenters. The number of hydrogen-bond acceptors (Lipinski definition) is 7. The van der Waals surface area contributed by atoms with Gasteiger partial charge in [-0.05, 0) is 67.4 Å². The molecule has 11 nitrogen and oxygen atoms in total. The number of anilines is 3. The molecule has 0 saturated heterocycles. The Kier molecular flexibility index (Phi) is 6.35. The Morgan fingerprint density at radius 2 is 1.71 bits per heavy atom. The number of amides is 2. The van der Waals surface area contributed by atoms with Crippen LogP contribution in [-0.2, 0) is 4.79 Å². The van der Waals surface area contributed by atoms with Crippen LogP contribution in [0.25, 0.3) is 22.5 Å². The number of nitrogens with zero attached hydrogens (tertiary/aromatic N) is 5. The zero-order valence-corrected chi connectivity index (χ0v) is 20.0. The highest BCUT2D eigenvalue weighted by Crippen LogP contribution is 2.24. The molecule has 0 aliphatic carbocycles. The lowest BCUT2D eigenvalue weighted by Crippen LogP contribution is -2.22. The fourth-order valence-electron chi connectivity index (χ4n) is 3.90. The maximum atomic E-state index is 13.7. The highest BCUT2D eigenvalue weighted by Gasteiger charge is 2.20. The van der Waals surface area contributed by atoms with Crippen molar-refractivity contribution in [3.05, 3.63) is 95.3 Å². The van der Waals surface area contributed by atoms with Gasteiger partial charge >= 0.3 is 5.69 Å². The van der Waals surface area contributed by atoms with Crippen LogP contribution in [0.1, 0.15) is 17.3 Å². The number of rotatable bonds is 5. The Balaban J connectivity index is 1.56. The van der Waals surface area contributed by atoms with E-state index in [1.54, 1.807) is 79.9 Å². The quantitative estimate of drug-likeness (QED) is 0.312. The Morgan fingerprint density at radius 3 is 2.45 bits per heavy atom. The summed E-state index contributed by atoms with van der Waals surface area (Å²) in [6, 6.07) is 18.4. The van der Waals surface area contributed by atoms with E-state index in [0.29, 0.717) is 34.0 Å². The van der Waals surface area contributed by atoms with E-state index in [-0.39, 0.29) is 17.4 Å². The van der Waals surface area contributed by atoms with Crippen LogP contribution in [-0.4, -0.2) is 35.9 Å². The lowest BCUT2D eigenvalue weighted by molar-refractivity contribution is -0.111. The minimum Gasteiger partial charge on any atom is -0.382 e. The van der Waals surface area contributed by atoms with Gasteiger partial charge < -0.3 is 16.4 Å². The molecule has 0 bridgehead atoms. The third-order valence-corrected chi connectivity index (χ3v) is 5.54. The molecule has 2 amide bonds. The van der Waals surface area contributed by atoms with Gasteiger partial charge in [0.1, 0.15) is 17.7 Å². The van der Waals surface area contributed by atoms with Gasteiger partial charge in [-0.3, -0.25) is 14.2 Å². The van der Waals surface area contributed by atoms with Gasteiger partial charge in [0.25, 0.3) is 11.8 Å². The van der Waals surface area contributed by atoms with E-state index in [4.69, 9.17) is 5.73 Å². The van der Waals surface area contributed by atoms with E-state index >= 15 is 0 Å². The van der Waals surface area contributed by atoms with E-state index in [9.17, 15) is 14.4 Å². The number of imidazole rings is 1. The molecule has 186 valence electrons. The highest BCUT2D eigenvalue weighted by molar-refractivity contribution is 6.04. The third-order valence-electron chi connectivity index (χ3n) is 5.54. The molecule has 5 aromatic rings. The predicted octanol–water partition coefficient (Wildman–Crippen LogP) is 2.76. The van der Waals surface area contributed by atoms with Crippen molar-refractivity contribution in [2.75, 3.05) is 16.4 Å². The lowest BCUT2D eigenvalue weighted by Gasteiger charge is -2.07. The number of pyridine rings is 1. The summed E-state index contributed by atoms with van der Waals surface area (Å²) in [4.78, 5) is 50.8. The van der Waals surface area contributed by atoms with E-state index in [0.717, 1.165) is 0 Å². The van der Waals surface area contributed by atoms with E-state index in [1.807, 2.05) is 0 Å². The molecule has 0 spiro atoms. The number of carbonyl (C=O) groups is 2. The number of aromatic nitrogens is 5. The third kappa shape index (κ3) is 4.57. The molecule has 2 aromatic carbocycles. The normalized spacial score (nSPS) is 10.4. The Hall–Kier alpha value is -5.76. The van der Waals surface area contributed by atoms with Gasteiger partial charge in [0.05, 0.1) is 11.4 Å². The molecule has 3 heterocycles. The van der Waals surface area contributed by atoms with Crippen LogP contribution < -0.4 is 22.1 Å². The molecule has 38 heavy (non-hydrogen) atoms. The summed E-state index contributed by atoms with van der Waals surface area (Å²) in [5.41, 5.74) is 8.02. The summed E-state index contributed by atoms with van der Waals surface area (Å²) in [5.74, 6) is 4.65. The average Bonchev–Trinajstić information content (AvgIpc) is 3.22. The maximum Gasteiger partial charge on any atom is 0.339 e. The summed E-state index contributed by atoms with van der Waals surface area (Å²) in [6.07, 6.45) is 2.85. The molecular formula is C27H20N8O3. The summed E-state index contributed by atoms with van der Waals surface area (Å²) in [7, 11) is 0. The first-order chi connectivity index (χ1) is 18.5. The second-order valence-electron chi connectivity index (χ2n) is 7.98. The zero-order valence-electron chi connectivity index (χ0n) is 20.0. The highest BCUT2D eigenvalue weighted by atomic mass is 16.2. The second-order valence-corrected chi connectivity index (χ2v) is 7.98. The molecule has 0 atom stereocenters. The van der Waals surface area contributed by atoms with Crippen molar-refractivity contribution in [3.63, 3.8) is 0 Å². The number of nitrogens with one attached hydrogen (secondary N) is 2. The topological polar surface area (TPSA) is 150 Å². The number of fused-ring (bicyclic) bond motifs is 1. The molecule has 11 heteroatoms. The van der Waals surface area contributed by atoms with Crippen LogP contribution in [0.2, 0.25) is 0 Å². The van der Waals surface area contributed by atoms with Gasteiger partial charge in [-0.25, -0.2) is 24.3 Å². The Bertz CT molecular complexity index is 1800. The minimum absolute atomic E-state index is 0.102. The first-order valence-corrected chi connectivity index (χ1v) is 11.4. The van der Waals surface area contributed by atoms with Crippen LogP contribution in [0.5, 0.6) is 0 Å². The number of benzene rings is 2. The van der Waals surface area contributed by atoms with Crippen molar-refractivity contribution in [2.24, 2.45) is 0 Å². The van der Waals surface area contributed by atoms with Gasteiger partial charge in [0, 0.05) is 17.4 Å². The summed E-state index contributed by atoms with van der Waals surface area (Å²) >= 11 is 0. The fourth-order valence-corrected chi connectivity index (χ4v) is 3.90. The van der Waals surface area contributed by atoms with Gasteiger partial charge in [0.15, 0.2) is 11.5 Å². The van der Waals surface area contributed by atoms with Crippen molar-refractivity contribution in [3.8, 4) is 23.2 Å². The van der Waals surface area contributed by atoms with E-state index in [1.165, 1.54) is 15.5 Å². The van der Waals surface area contributed by atoms with E-state index in [2.05, 4.69) is 37.4 Å². The molecular weight excluding hydrogens is 484 g/mol. The van der Waals surface area contributed by atoms with Crippen LogP contribution in [0, 0.1) is 11.8 Å². The maximum absolute atomic E-state index is 13.7. The first-order valence-electron chi connectivity index (χ1n) is 11.4. The van der Waals surface area contributed by atoms with Gasteiger partial charge in [-0.2, -0.15) is 0 Å². The molecule has 0 radical (unpaired) electrons. The minimum atomic E-state index is -0.474. The SMILES string of the molecule is CC#CC(=O)Nc1cccc(-n2c(=O)n(-c3ccc(C(=O)Nc4ccccn4)cc3)c3c(N)ncnc32)c1. The van der Waals surface area contributed by atoms with Crippen molar-refractivity contribution < 1.29 is 9.59 Å². The van der Waals surface area contributed by atoms with Gasteiger partial charge in [-0.15, -0.1) is 0 Å². The van der Waals surface area contributed by atoms with Crippen molar-refractivity contribution in [1.29, 1.82) is 0 Å². The van der Waals surface area contributed by atoms with Crippen molar-refractivity contribution >= 4 is 40.3 Å². The summed E-state index contributed by atoms with van der Waals surface area (Å²) in [5, 5.41) is 5.39. The lowest BCUT2D eigenvalue weighted by atomic mass is 10.2. The number of nitrogens with two attached hydrogens (primary N) is 1. The number of hydrogen-bond donors (Lipinski definition) is 3. The molecule has 0 fully saturated rings. The van der Waals surface area contributed by atoms with E-state index < -0.39 is 11.6 Å². The Labute approximate surface area is 216 Å². The fraction of sp³-hybridized carbons (Fsp3) is 0.0370. The summed E-state index contributed by atoms with van der Waals surface area (Å²) < 4.78 is 2.75. The van der Waals surface area contributed by atoms with Crippen molar-refractivity contribution in [2.45, 2.75) is 6.92 Å². The Morgan fingerprint density at radius 1 is 0.895 bits per heavy atom. The van der Waals surface area contributed by atoms with Crippen LogP contribution in [0.3, 0.4) is 0 Å².